The van der Waals surface area contributed by atoms with Gasteiger partial charge in [-0.1, -0.05) is 0 Å². The third kappa shape index (κ3) is 5.00. The van der Waals surface area contributed by atoms with Crippen LogP contribution in [-0.4, -0.2) is 29.8 Å². The van der Waals surface area contributed by atoms with Gasteiger partial charge in [-0.15, -0.1) is 0 Å². The number of carbonyl (C=O) groups excluding carboxylic acids is 1. The van der Waals surface area contributed by atoms with Gasteiger partial charge in [0, 0.05) is 13.0 Å². The molecule has 5 heteroatoms. The van der Waals surface area contributed by atoms with Crippen molar-refractivity contribution in [1.29, 1.82) is 0 Å². The summed E-state index contributed by atoms with van der Waals surface area (Å²) >= 11 is 0. The van der Waals surface area contributed by atoms with Crippen LogP contribution in [0.1, 0.15) is 39.0 Å². The normalized spacial score (nSPS) is 24.8. The van der Waals surface area contributed by atoms with Gasteiger partial charge in [-0.25, -0.2) is 4.79 Å². The lowest BCUT2D eigenvalue weighted by atomic mass is 9.84. The van der Waals surface area contributed by atoms with E-state index in [4.69, 9.17) is 9.84 Å². The highest BCUT2D eigenvalue weighted by Gasteiger charge is 2.22. The molecule has 0 saturated heterocycles. The van der Waals surface area contributed by atoms with Crippen molar-refractivity contribution < 1.29 is 19.4 Å². The van der Waals surface area contributed by atoms with Crippen LogP contribution >= 0.6 is 0 Å². The van der Waals surface area contributed by atoms with Crippen molar-refractivity contribution >= 4 is 12.1 Å². The van der Waals surface area contributed by atoms with E-state index in [1.807, 2.05) is 0 Å². The molecule has 0 aromatic rings. The minimum absolute atomic E-state index is 0.0995. The molecular weight excluding hydrogens is 210 g/mol. The van der Waals surface area contributed by atoms with Crippen molar-refractivity contribution in [3.63, 3.8) is 0 Å². The Balaban J connectivity index is 2.12. The zero-order chi connectivity index (χ0) is 12.0. The van der Waals surface area contributed by atoms with Gasteiger partial charge in [-0.3, -0.25) is 4.79 Å². The van der Waals surface area contributed by atoms with Gasteiger partial charge in [0.05, 0.1) is 6.61 Å². The number of hydrogen-bond acceptors (Lipinski definition) is 3. The number of rotatable bonds is 4. The van der Waals surface area contributed by atoms with Crippen LogP contribution in [0.2, 0.25) is 0 Å². The Hall–Kier alpha value is -1.26. The first-order chi connectivity index (χ1) is 7.58. The van der Waals surface area contributed by atoms with E-state index < -0.39 is 6.09 Å². The Morgan fingerprint density at radius 3 is 2.44 bits per heavy atom. The molecule has 1 aliphatic rings. The quantitative estimate of drug-likeness (QED) is 0.720. The van der Waals surface area contributed by atoms with Crippen LogP contribution in [0.5, 0.6) is 0 Å². The SMILES string of the molecule is CC(=O)OCCC1CCC(NC(=O)O)CC1. The number of carboxylic acid groups (broad SMARTS) is 1. The van der Waals surface area contributed by atoms with Crippen molar-refractivity contribution in [2.45, 2.75) is 45.1 Å². The van der Waals surface area contributed by atoms with Crippen LogP contribution in [0.15, 0.2) is 0 Å². The van der Waals surface area contributed by atoms with Crippen LogP contribution in [0.25, 0.3) is 0 Å². The minimum atomic E-state index is -0.941. The fourth-order valence-corrected chi connectivity index (χ4v) is 2.14. The van der Waals surface area contributed by atoms with E-state index in [0.717, 1.165) is 32.1 Å². The smallest absolute Gasteiger partial charge is 0.404 e. The average Bonchev–Trinajstić information content (AvgIpc) is 2.19. The monoisotopic (exact) mass is 229 g/mol. The third-order valence-electron chi connectivity index (χ3n) is 3.01. The molecule has 16 heavy (non-hydrogen) atoms. The van der Waals surface area contributed by atoms with E-state index in [-0.39, 0.29) is 12.0 Å². The molecule has 1 amide bonds. The Kier molecular flexibility index (Phi) is 5.08. The highest BCUT2D eigenvalue weighted by molar-refractivity contribution is 5.65. The molecule has 2 N–H and O–H groups in total. The van der Waals surface area contributed by atoms with Gasteiger partial charge in [-0.2, -0.15) is 0 Å². The molecule has 92 valence electrons. The zero-order valence-electron chi connectivity index (χ0n) is 9.57. The van der Waals surface area contributed by atoms with Gasteiger partial charge in [0.15, 0.2) is 0 Å². The Morgan fingerprint density at radius 2 is 1.94 bits per heavy atom. The lowest BCUT2D eigenvalue weighted by molar-refractivity contribution is -0.141. The van der Waals surface area contributed by atoms with E-state index in [0.29, 0.717) is 12.5 Å². The number of ether oxygens (including phenoxy) is 1. The van der Waals surface area contributed by atoms with Crippen LogP contribution < -0.4 is 5.32 Å². The van der Waals surface area contributed by atoms with E-state index >= 15 is 0 Å². The first-order valence-electron chi connectivity index (χ1n) is 5.70. The highest BCUT2D eigenvalue weighted by atomic mass is 16.5. The lowest BCUT2D eigenvalue weighted by Crippen LogP contribution is -2.36. The van der Waals surface area contributed by atoms with E-state index in [9.17, 15) is 9.59 Å². The fraction of sp³-hybridized carbons (Fsp3) is 0.818. The van der Waals surface area contributed by atoms with E-state index in [1.54, 1.807) is 0 Å². The maximum Gasteiger partial charge on any atom is 0.404 e. The van der Waals surface area contributed by atoms with Gasteiger partial charge >= 0.3 is 12.1 Å². The van der Waals surface area contributed by atoms with Gasteiger partial charge in [-0.05, 0) is 38.0 Å². The second kappa shape index (κ2) is 6.35. The summed E-state index contributed by atoms with van der Waals surface area (Å²) in [4.78, 5) is 21.0. The van der Waals surface area contributed by atoms with E-state index in [1.165, 1.54) is 6.92 Å². The van der Waals surface area contributed by atoms with E-state index in [2.05, 4.69) is 5.32 Å². The molecule has 5 nitrogen and oxygen atoms in total. The minimum Gasteiger partial charge on any atom is -0.466 e. The summed E-state index contributed by atoms with van der Waals surface area (Å²) in [6, 6.07) is 0.0995. The van der Waals surface area contributed by atoms with Crippen molar-refractivity contribution in [2.75, 3.05) is 6.61 Å². The lowest BCUT2D eigenvalue weighted by Gasteiger charge is -2.28. The molecule has 1 aliphatic carbocycles. The predicted octanol–water partition coefficient (Wildman–Crippen LogP) is 1.77. The standard InChI is InChI=1S/C11H19NO4/c1-8(13)16-7-6-9-2-4-10(5-3-9)12-11(14)15/h9-10,12H,2-7H2,1H3,(H,14,15). The summed E-state index contributed by atoms with van der Waals surface area (Å²) in [6.45, 7) is 1.89. The molecule has 0 unspecified atom stereocenters. The topological polar surface area (TPSA) is 75.6 Å². The number of nitrogens with one attached hydrogen (secondary N) is 1. The largest absolute Gasteiger partial charge is 0.466 e. The number of carbonyl (C=O) groups is 2. The summed E-state index contributed by atoms with van der Waals surface area (Å²) < 4.78 is 4.89. The number of esters is 1. The molecule has 1 saturated carbocycles. The molecule has 0 heterocycles. The summed E-state index contributed by atoms with van der Waals surface area (Å²) in [5, 5.41) is 11.1. The average molecular weight is 229 g/mol. The van der Waals surface area contributed by atoms with Gasteiger partial charge < -0.3 is 15.2 Å². The predicted molar refractivity (Wildman–Crippen MR) is 58.2 cm³/mol. The third-order valence-corrected chi connectivity index (χ3v) is 3.01. The van der Waals surface area contributed by atoms with Crippen LogP contribution in [0.3, 0.4) is 0 Å². The van der Waals surface area contributed by atoms with Gasteiger partial charge in [0.1, 0.15) is 0 Å². The van der Waals surface area contributed by atoms with Crippen molar-refractivity contribution in [3.05, 3.63) is 0 Å². The highest BCUT2D eigenvalue weighted by Crippen LogP contribution is 2.26. The van der Waals surface area contributed by atoms with Gasteiger partial charge in [0.2, 0.25) is 0 Å². The second-order valence-corrected chi connectivity index (χ2v) is 4.30. The summed E-state index contributed by atoms with van der Waals surface area (Å²) in [5.41, 5.74) is 0. The summed E-state index contributed by atoms with van der Waals surface area (Å²) in [7, 11) is 0. The molecule has 0 radical (unpaired) electrons. The Morgan fingerprint density at radius 1 is 1.31 bits per heavy atom. The summed E-state index contributed by atoms with van der Waals surface area (Å²) in [6.07, 6.45) is 3.73. The zero-order valence-corrected chi connectivity index (χ0v) is 9.57. The molecule has 1 rings (SSSR count). The maximum absolute atomic E-state index is 10.6. The molecule has 0 spiro atoms. The van der Waals surface area contributed by atoms with Crippen LogP contribution in [-0.2, 0) is 9.53 Å². The number of hydrogen-bond donors (Lipinski definition) is 2. The molecule has 0 aromatic heterocycles. The van der Waals surface area contributed by atoms with Crippen molar-refractivity contribution in [2.24, 2.45) is 5.92 Å². The first kappa shape index (κ1) is 12.8. The second-order valence-electron chi connectivity index (χ2n) is 4.30. The molecule has 1 fully saturated rings. The Labute approximate surface area is 95.2 Å². The van der Waals surface area contributed by atoms with Crippen LogP contribution in [0, 0.1) is 5.92 Å². The van der Waals surface area contributed by atoms with Crippen molar-refractivity contribution in [1.82, 2.24) is 5.32 Å². The summed E-state index contributed by atoms with van der Waals surface area (Å²) in [5.74, 6) is 0.326. The molecule has 0 aromatic carbocycles. The fourth-order valence-electron chi connectivity index (χ4n) is 2.14. The molecular formula is C11H19NO4. The molecule has 0 bridgehead atoms. The number of amides is 1. The van der Waals surface area contributed by atoms with Gasteiger partial charge in [0.25, 0.3) is 0 Å². The van der Waals surface area contributed by atoms with Crippen LogP contribution in [0.4, 0.5) is 4.79 Å². The molecule has 0 aliphatic heterocycles. The van der Waals surface area contributed by atoms with Crippen molar-refractivity contribution in [3.8, 4) is 0 Å². The maximum atomic E-state index is 10.6. The Bertz CT molecular complexity index is 246. The molecule has 0 atom stereocenters. The first-order valence-corrected chi connectivity index (χ1v) is 5.70.